The first-order valence-electron chi connectivity index (χ1n) is 7.10. The quantitative estimate of drug-likeness (QED) is 0.787. The maximum Gasteiger partial charge on any atom is 0.235 e. The molecule has 0 spiro atoms. The van der Waals surface area contributed by atoms with Gasteiger partial charge < -0.3 is 4.74 Å². The third kappa shape index (κ3) is 3.98. The molecule has 0 radical (unpaired) electrons. The summed E-state index contributed by atoms with van der Waals surface area (Å²) in [5, 5.41) is 0. The molecule has 0 bridgehead atoms. The number of hydrogen-bond donors (Lipinski definition) is 0. The molecule has 0 aliphatic rings. The molecule has 0 atom stereocenters. The summed E-state index contributed by atoms with van der Waals surface area (Å²) in [4.78, 5) is 4.05. The minimum absolute atomic E-state index is 0.102. The lowest BCUT2D eigenvalue weighted by Gasteiger charge is -2.24. The fourth-order valence-corrected chi connectivity index (χ4v) is 3.66. The van der Waals surface area contributed by atoms with Gasteiger partial charge in [-0.2, -0.15) is 0 Å². The van der Waals surface area contributed by atoms with Crippen LogP contribution in [0.1, 0.15) is 18.9 Å². The highest BCUT2D eigenvalue weighted by atomic mass is 32.2. The third-order valence-corrected chi connectivity index (χ3v) is 5.12. The van der Waals surface area contributed by atoms with Crippen LogP contribution in [0.25, 0.3) is 0 Å². The van der Waals surface area contributed by atoms with Crippen molar-refractivity contribution >= 4 is 15.7 Å². The number of pyridine rings is 1. The number of ether oxygens (including phenoxy) is 1. The number of aromatic nitrogens is 1. The van der Waals surface area contributed by atoms with E-state index < -0.39 is 10.0 Å². The third-order valence-electron chi connectivity index (χ3n) is 3.19. The van der Waals surface area contributed by atoms with Crippen molar-refractivity contribution in [3.8, 4) is 5.75 Å². The minimum atomic E-state index is -3.40. The summed E-state index contributed by atoms with van der Waals surface area (Å²) in [7, 11) is -1.84. The maximum atomic E-state index is 12.6. The van der Waals surface area contributed by atoms with Crippen LogP contribution < -0.4 is 9.04 Å². The van der Waals surface area contributed by atoms with Crippen molar-refractivity contribution in [1.29, 1.82) is 0 Å². The Hall–Kier alpha value is -2.08. The summed E-state index contributed by atoms with van der Waals surface area (Å²) in [5.74, 6) is 0.727. The molecule has 5 nitrogen and oxygen atoms in total. The van der Waals surface area contributed by atoms with Crippen molar-refractivity contribution in [2.75, 3.05) is 17.2 Å². The summed E-state index contributed by atoms with van der Waals surface area (Å²) in [5.41, 5.74) is 1.43. The van der Waals surface area contributed by atoms with Gasteiger partial charge in [0.05, 0.1) is 25.1 Å². The number of nitrogens with zero attached hydrogens (tertiary/aromatic N) is 2. The van der Waals surface area contributed by atoms with Crippen LogP contribution in [0.3, 0.4) is 0 Å². The minimum Gasteiger partial charge on any atom is -0.497 e. The second kappa shape index (κ2) is 7.26. The Morgan fingerprint density at radius 1 is 1.23 bits per heavy atom. The van der Waals surface area contributed by atoms with Crippen LogP contribution in [0.2, 0.25) is 0 Å². The Balaban J connectivity index is 2.41. The van der Waals surface area contributed by atoms with E-state index in [-0.39, 0.29) is 12.3 Å². The Kier molecular flexibility index (Phi) is 5.38. The van der Waals surface area contributed by atoms with Crippen molar-refractivity contribution in [2.24, 2.45) is 0 Å². The smallest absolute Gasteiger partial charge is 0.235 e. The number of sulfonamides is 1. The lowest BCUT2D eigenvalue weighted by Crippen LogP contribution is -2.32. The monoisotopic (exact) mass is 320 g/mol. The Bertz CT molecular complexity index is 702. The molecule has 1 heterocycles. The molecule has 2 aromatic rings. The molecule has 0 saturated heterocycles. The van der Waals surface area contributed by atoms with Crippen molar-refractivity contribution < 1.29 is 13.2 Å². The highest BCUT2D eigenvalue weighted by Gasteiger charge is 2.22. The van der Waals surface area contributed by atoms with Gasteiger partial charge in [-0.3, -0.25) is 9.29 Å². The predicted octanol–water partition coefficient (Wildman–Crippen LogP) is 2.84. The molecular weight excluding hydrogens is 300 g/mol. The van der Waals surface area contributed by atoms with Gasteiger partial charge in [-0.1, -0.05) is 19.1 Å². The van der Waals surface area contributed by atoms with Crippen LogP contribution in [0.5, 0.6) is 5.75 Å². The predicted molar refractivity (Wildman–Crippen MR) is 87.5 cm³/mol. The van der Waals surface area contributed by atoms with Crippen LogP contribution in [0.15, 0.2) is 48.8 Å². The van der Waals surface area contributed by atoms with Crippen molar-refractivity contribution in [1.82, 2.24) is 4.98 Å². The van der Waals surface area contributed by atoms with Gasteiger partial charge in [0.15, 0.2) is 0 Å². The fraction of sp³-hybridized carbons (Fsp3) is 0.312. The molecule has 22 heavy (non-hydrogen) atoms. The maximum absolute atomic E-state index is 12.6. The zero-order valence-corrected chi connectivity index (χ0v) is 13.6. The Morgan fingerprint density at radius 2 is 2.05 bits per heavy atom. The number of benzene rings is 1. The molecule has 1 aromatic heterocycles. The molecule has 0 N–H and O–H groups in total. The van der Waals surface area contributed by atoms with E-state index in [0.717, 1.165) is 5.56 Å². The summed E-state index contributed by atoms with van der Waals surface area (Å²) < 4.78 is 31.8. The van der Waals surface area contributed by atoms with Crippen LogP contribution in [-0.2, 0) is 16.6 Å². The number of methoxy groups -OCH3 is 1. The molecule has 0 fully saturated rings. The molecule has 0 aliphatic carbocycles. The van der Waals surface area contributed by atoms with E-state index in [1.165, 1.54) is 4.31 Å². The lowest BCUT2D eigenvalue weighted by atomic mass is 10.2. The molecule has 0 saturated carbocycles. The topological polar surface area (TPSA) is 59.5 Å². The second-order valence-electron chi connectivity index (χ2n) is 4.89. The number of rotatable bonds is 7. The Morgan fingerprint density at radius 3 is 2.68 bits per heavy atom. The van der Waals surface area contributed by atoms with E-state index in [1.807, 2.05) is 13.0 Å². The first kappa shape index (κ1) is 16.3. The van der Waals surface area contributed by atoms with Crippen LogP contribution in [0.4, 0.5) is 5.69 Å². The average molecular weight is 320 g/mol. The number of hydrogen-bond acceptors (Lipinski definition) is 4. The van der Waals surface area contributed by atoms with Crippen LogP contribution >= 0.6 is 0 Å². The zero-order chi connectivity index (χ0) is 16.0. The summed E-state index contributed by atoms with van der Waals surface area (Å²) in [6.45, 7) is 2.11. The van der Waals surface area contributed by atoms with Crippen LogP contribution in [0, 0.1) is 0 Å². The van der Waals surface area contributed by atoms with Gasteiger partial charge in [0.1, 0.15) is 5.75 Å². The van der Waals surface area contributed by atoms with E-state index in [9.17, 15) is 8.42 Å². The van der Waals surface area contributed by atoms with Gasteiger partial charge in [0.25, 0.3) is 0 Å². The van der Waals surface area contributed by atoms with E-state index in [4.69, 9.17) is 4.74 Å². The highest BCUT2D eigenvalue weighted by molar-refractivity contribution is 7.92. The van der Waals surface area contributed by atoms with Gasteiger partial charge in [-0.25, -0.2) is 8.42 Å². The van der Waals surface area contributed by atoms with Gasteiger partial charge in [-0.15, -0.1) is 0 Å². The van der Waals surface area contributed by atoms with Crippen molar-refractivity contribution in [3.05, 3.63) is 54.4 Å². The average Bonchev–Trinajstić information content (AvgIpc) is 2.53. The molecule has 6 heteroatoms. The van der Waals surface area contributed by atoms with E-state index >= 15 is 0 Å². The fourth-order valence-electron chi connectivity index (χ4n) is 2.14. The van der Waals surface area contributed by atoms with Gasteiger partial charge in [-0.05, 0) is 30.2 Å². The molecule has 1 aromatic carbocycles. The molecule has 0 amide bonds. The molecule has 2 rings (SSSR count). The van der Waals surface area contributed by atoms with Gasteiger partial charge in [0, 0.05) is 18.5 Å². The number of anilines is 1. The van der Waals surface area contributed by atoms with Crippen molar-refractivity contribution in [2.45, 2.75) is 19.9 Å². The standard InChI is InChI=1S/C16H20N2O3S/c1-3-10-22(19,20)18(13-14-6-5-9-17-12-14)15-7-4-8-16(11-15)21-2/h4-9,11-12H,3,10,13H2,1-2H3. The van der Waals surface area contributed by atoms with E-state index in [0.29, 0.717) is 17.9 Å². The largest absolute Gasteiger partial charge is 0.497 e. The van der Waals surface area contributed by atoms with E-state index in [2.05, 4.69) is 4.98 Å². The summed E-state index contributed by atoms with van der Waals surface area (Å²) in [6.07, 6.45) is 3.91. The lowest BCUT2D eigenvalue weighted by molar-refractivity contribution is 0.415. The van der Waals surface area contributed by atoms with Crippen LogP contribution in [-0.4, -0.2) is 26.3 Å². The Labute approximate surface area is 131 Å². The van der Waals surface area contributed by atoms with Gasteiger partial charge >= 0.3 is 0 Å². The van der Waals surface area contributed by atoms with Gasteiger partial charge in [0.2, 0.25) is 10.0 Å². The summed E-state index contributed by atoms with van der Waals surface area (Å²) >= 11 is 0. The molecular formula is C16H20N2O3S. The van der Waals surface area contributed by atoms with Crippen molar-refractivity contribution in [3.63, 3.8) is 0 Å². The first-order chi connectivity index (χ1) is 10.6. The zero-order valence-electron chi connectivity index (χ0n) is 12.8. The SMILES string of the molecule is CCCS(=O)(=O)N(Cc1cccnc1)c1cccc(OC)c1. The van der Waals surface area contributed by atoms with E-state index in [1.54, 1.807) is 49.8 Å². The first-order valence-corrected chi connectivity index (χ1v) is 8.71. The molecule has 0 aliphatic heterocycles. The summed E-state index contributed by atoms with van der Waals surface area (Å²) in [6, 6.07) is 10.7. The highest BCUT2D eigenvalue weighted by Crippen LogP contribution is 2.25. The second-order valence-corrected chi connectivity index (χ2v) is 6.90. The normalized spacial score (nSPS) is 11.2. The molecule has 118 valence electrons. The molecule has 0 unspecified atom stereocenters.